The van der Waals surface area contributed by atoms with Crippen LogP contribution in [0.5, 0.6) is 0 Å². The Morgan fingerprint density at radius 3 is 2.84 bits per heavy atom. The summed E-state index contributed by atoms with van der Waals surface area (Å²) < 4.78 is 0. The third-order valence-corrected chi connectivity index (χ3v) is 6.01. The van der Waals surface area contributed by atoms with Crippen molar-refractivity contribution < 1.29 is 0 Å². The number of benzene rings is 1. The lowest BCUT2D eigenvalue weighted by atomic mass is 10.0. The maximum atomic E-state index is 9.78. The molecule has 0 atom stereocenters. The van der Waals surface area contributed by atoms with Gasteiger partial charge in [-0.1, -0.05) is 6.07 Å². The summed E-state index contributed by atoms with van der Waals surface area (Å²) in [4.78, 5) is 14.9. The van der Waals surface area contributed by atoms with Crippen molar-refractivity contribution in [2.75, 3.05) is 31.5 Å². The molecule has 0 aliphatic carbocycles. The van der Waals surface area contributed by atoms with Gasteiger partial charge in [0.2, 0.25) is 0 Å². The predicted octanol–water partition coefficient (Wildman–Crippen LogP) is 3.95. The minimum absolute atomic E-state index is 0.491. The molecule has 4 aromatic rings. The maximum Gasteiger partial charge on any atom is 0.103 e. The van der Waals surface area contributed by atoms with Crippen molar-refractivity contribution in [2.45, 2.75) is 13.5 Å². The fraction of sp³-hybridized carbons (Fsp3) is 0.240. The Labute approximate surface area is 187 Å². The van der Waals surface area contributed by atoms with E-state index in [1.807, 2.05) is 30.5 Å². The second-order valence-electron chi connectivity index (χ2n) is 8.06. The first-order chi connectivity index (χ1) is 15.7. The van der Waals surface area contributed by atoms with E-state index in [1.54, 1.807) is 12.4 Å². The van der Waals surface area contributed by atoms with Crippen LogP contribution in [0.4, 0.5) is 11.4 Å². The monoisotopic (exact) mass is 423 g/mol. The number of aromatic nitrogens is 3. The van der Waals surface area contributed by atoms with Gasteiger partial charge in [-0.2, -0.15) is 5.26 Å². The van der Waals surface area contributed by atoms with E-state index >= 15 is 0 Å². The van der Waals surface area contributed by atoms with Gasteiger partial charge in [-0.05, 0) is 42.8 Å². The second-order valence-corrected chi connectivity index (χ2v) is 8.06. The first kappa shape index (κ1) is 20.2. The van der Waals surface area contributed by atoms with Gasteiger partial charge in [0.25, 0.3) is 0 Å². The van der Waals surface area contributed by atoms with Crippen LogP contribution >= 0.6 is 0 Å². The van der Waals surface area contributed by atoms with Crippen LogP contribution in [0, 0.1) is 18.3 Å². The highest BCUT2D eigenvalue weighted by Crippen LogP contribution is 2.34. The molecular formula is C25H25N7. The number of nitrogens with zero attached hydrogens (tertiary/aromatic N) is 4. The van der Waals surface area contributed by atoms with E-state index in [0.717, 1.165) is 77.5 Å². The number of hydrogen-bond acceptors (Lipinski definition) is 6. The number of nitriles is 1. The predicted molar refractivity (Wildman–Crippen MR) is 127 cm³/mol. The topological polar surface area (TPSA) is 92.7 Å². The summed E-state index contributed by atoms with van der Waals surface area (Å²) in [5.41, 5.74) is 7.03. The van der Waals surface area contributed by atoms with Gasteiger partial charge in [0.1, 0.15) is 6.07 Å². The van der Waals surface area contributed by atoms with Crippen molar-refractivity contribution in [2.24, 2.45) is 0 Å². The van der Waals surface area contributed by atoms with Crippen molar-refractivity contribution in [3.8, 4) is 17.3 Å². The summed E-state index contributed by atoms with van der Waals surface area (Å²) in [7, 11) is 0. The maximum absolute atomic E-state index is 9.78. The summed E-state index contributed by atoms with van der Waals surface area (Å²) in [5.74, 6) is 0. The number of fused-ring (bicyclic) bond motifs is 1. The van der Waals surface area contributed by atoms with Gasteiger partial charge in [-0.15, -0.1) is 0 Å². The van der Waals surface area contributed by atoms with E-state index in [1.165, 1.54) is 0 Å². The summed E-state index contributed by atoms with van der Waals surface area (Å²) in [5, 5.41) is 17.8. The lowest BCUT2D eigenvalue weighted by Crippen LogP contribution is -2.43. The molecule has 160 valence electrons. The number of H-pyrrole nitrogens is 1. The van der Waals surface area contributed by atoms with E-state index in [9.17, 15) is 5.26 Å². The number of aryl methyl sites for hydroxylation is 1. The third-order valence-electron chi connectivity index (χ3n) is 6.01. The lowest BCUT2D eigenvalue weighted by molar-refractivity contribution is 0.231. The number of pyridine rings is 2. The number of nitrogens with one attached hydrogen (secondary N) is 3. The Bertz CT molecular complexity index is 1300. The molecule has 1 aliphatic rings. The van der Waals surface area contributed by atoms with Gasteiger partial charge in [-0.25, -0.2) is 0 Å². The molecule has 0 spiro atoms. The van der Waals surface area contributed by atoms with E-state index in [4.69, 9.17) is 4.98 Å². The highest BCUT2D eigenvalue weighted by molar-refractivity contribution is 5.91. The molecule has 0 radical (unpaired) electrons. The summed E-state index contributed by atoms with van der Waals surface area (Å²) in [6.07, 6.45) is 5.32. The van der Waals surface area contributed by atoms with E-state index in [2.05, 4.69) is 50.6 Å². The van der Waals surface area contributed by atoms with E-state index < -0.39 is 0 Å². The minimum Gasteiger partial charge on any atom is -0.361 e. The second kappa shape index (κ2) is 8.79. The van der Waals surface area contributed by atoms with Crippen LogP contribution in [0.1, 0.15) is 16.8 Å². The number of aromatic amines is 1. The molecule has 1 aromatic carbocycles. The third kappa shape index (κ3) is 3.94. The summed E-state index contributed by atoms with van der Waals surface area (Å²) in [6.45, 7) is 6.94. The van der Waals surface area contributed by atoms with Gasteiger partial charge >= 0.3 is 0 Å². The van der Waals surface area contributed by atoms with Crippen LogP contribution in [-0.2, 0) is 6.54 Å². The average Bonchev–Trinajstić information content (AvgIpc) is 3.31. The zero-order valence-electron chi connectivity index (χ0n) is 18.0. The first-order valence-corrected chi connectivity index (χ1v) is 10.8. The number of hydrogen-bond donors (Lipinski definition) is 3. The van der Waals surface area contributed by atoms with Crippen LogP contribution in [0.2, 0.25) is 0 Å². The molecule has 3 N–H and O–H groups in total. The van der Waals surface area contributed by atoms with Crippen LogP contribution in [-0.4, -0.2) is 46.0 Å². The molecule has 0 amide bonds. The number of anilines is 2. The Morgan fingerprint density at radius 2 is 2.00 bits per heavy atom. The molecule has 4 heterocycles. The average molecular weight is 424 g/mol. The van der Waals surface area contributed by atoms with Crippen LogP contribution in [0.3, 0.4) is 0 Å². The summed E-state index contributed by atoms with van der Waals surface area (Å²) in [6, 6.07) is 14.5. The summed E-state index contributed by atoms with van der Waals surface area (Å²) >= 11 is 0. The van der Waals surface area contributed by atoms with Crippen LogP contribution in [0.25, 0.3) is 22.2 Å². The molecule has 0 bridgehead atoms. The molecule has 7 nitrogen and oxygen atoms in total. The van der Waals surface area contributed by atoms with Gasteiger partial charge in [0.15, 0.2) is 0 Å². The number of piperazine rings is 1. The Hall–Kier alpha value is -3.73. The molecular weight excluding hydrogens is 398 g/mol. The first-order valence-electron chi connectivity index (χ1n) is 10.8. The fourth-order valence-corrected chi connectivity index (χ4v) is 4.24. The smallest absolute Gasteiger partial charge is 0.103 e. The molecule has 7 heteroatoms. The van der Waals surface area contributed by atoms with Crippen LogP contribution < -0.4 is 10.6 Å². The Balaban J connectivity index is 1.52. The van der Waals surface area contributed by atoms with Gasteiger partial charge in [-0.3, -0.25) is 14.9 Å². The zero-order chi connectivity index (χ0) is 21.9. The molecule has 1 aliphatic heterocycles. The quantitative estimate of drug-likeness (QED) is 0.450. The number of rotatable bonds is 5. The molecule has 1 saturated heterocycles. The molecule has 5 rings (SSSR count). The highest BCUT2D eigenvalue weighted by Gasteiger charge is 2.16. The normalized spacial score (nSPS) is 14.4. The lowest BCUT2D eigenvalue weighted by Gasteiger charge is -2.26. The van der Waals surface area contributed by atoms with Gasteiger partial charge in [0.05, 0.1) is 22.6 Å². The Morgan fingerprint density at radius 1 is 1.12 bits per heavy atom. The molecule has 0 unspecified atom stereocenters. The van der Waals surface area contributed by atoms with Crippen molar-refractivity contribution in [3.63, 3.8) is 0 Å². The van der Waals surface area contributed by atoms with Crippen molar-refractivity contribution in [1.82, 2.24) is 25.2 Å². The van der Waals surface area contributed by atoms with Crippen LogP contribution in [0.15, 0.2) is 55.0 Å². The van der Waals surface area contributed by atoms with Gasteiger partial charge < -0.3 is 15.6 Å². The Kier molecular flexibility index (Phi) is 5.55. The van der Waals surface area contributed by atoms with Crippen molar-refractivity contribution in [1.29, 1.82) is 5.26 Å². The molecule has 1 fully saturated rings. The zero-order valence-corrected chi connectivity index (χ0v) is 18.0. The van der Waals surface area contributed by atoms with Crippen molar-refractivity contribution in [3.05, 3.63) is 71.8 Å². The van der Waals surface area contributed by atoms with Crippen molar-refractivity contribution >= 4 is 22.3 Å². The fourth-order valence-electron chi connectivity index (χ4n) is 4.24. The molecule has 3 aromatic heterocycles. The van der Waals surface area contributed by atoms with E-state index in [-0.39, 0.29) is 0 Å². The largest absolute Gasteiger partial charge is 0.361 e. The molecule has 32 heavy (non-hydrogen) atoms. The van der Waals surface area contributed by atoms with Gasteiger partial charge in [0, 0.05) is 73.5 Å². The standard InChI is InChI=1S/C25H25N7/c1-17-20-7-8-29-23(20)6-5-22(17)31-25-18(13-26)14-28-15-21(25)24-4-2-3-19(30-24)16-32-11-9-27-10-12-32/h2-8,14-15,27,29H,9-12,16H2,1H3,(H,28,31). The molecule has 0 saturated carbocycles. The highest BCUT2D eigenvalue weighted by atomic mass is 15.2. The SMILES string of the molecule is Cc1c(Nc2c(C#N)cncc2-c2cccc(CN3CCNCC3)n2)ccc2[nH]ccc12. The minimum atomic E-state index is 0.491. The van der Waals surface area contributed by atoms with E-state index in [0.29, 0.717) is 5.56 Å².